The summed E-state index contributed by atoms with van der Waals surface area (Å²) in [5.41, 5.74) is 2.01. The Balaban J connectivity index is 1.60. The number of anilines is 1. The van der Waals surface area contributed by atoms with Crippen molar-refractivity contribution in [2.75, 3.05) is 12.4 Å². The van der Waals surface area contributed by atoms with E-state index in [1.165, 1.54) is 18.9 Å². The highest BCUT2D eigenvalue weighted by Gasteiger charge is 2.18. The molecule has 1 aliphatic carbocycles. The first-order valence-electron chi connectivity index (χ1n) is 9.18. The minimum absolute atomic E-state index is 0.0927. The fourth-order valence-electron chi connectivity index (χ4n) is 3.18. The number of rotatable bonds is 6. The molecule has 2 aromatic carbocycles. The molecule has 1 aliphatic rings. The first kappa shape index (κ1) is 18.7. The molecule has 2 aromatic rings. The van der Waals surface area contributed by atoms with E-state index in [-0.39, 0.29) is 17.9 Å². The normalized spacial score (nSPS) is 14.3. The molecule has 0 unspecified atom stereocenters. The first-order chi connectivity index (χ1) is 13.1. The fourth-order valence-corrected chi connectivity index (χ4v) is 3.18. The zero-order valence-corrected chi connectivity index (χ0v) is 15.4. The van der Waals surface area contributed by atoms with Crippen LogP contribution in [0.25, 0.3) is 6.08 Å². The van der Waals surface area contributed by atoms with Gasteiger partial charge < -0.3 is 15.4 Å². The summed E-state index contributed by atoms with van der Waals surface area (Å²) in [6, 6.07) is 14.7. The molecular weight excluding hydrogens is 340 g/mol. The zero-order chi connectivity index (χ0) is 19.1. The maximum absolute atomic E-state index is 12.4. The monoisotopic (exact) mass is 364 g/mol. The molecule has 0 aromatic heterocycles. The number of benzene rings is 2. The van der Waals surface area contributed by atoms with Gasteiger partial charge in [-0.05, 0) is 54.8 Å². The molecule has 0 heterocycles. The maximum atomic E-state index is 12.4. The van der Waals surface area contributed by atoms with E-state index in [0.717, 1.165) is 24.2 Å². The van der Waals surface area contributed by atoms with Crippen molar-refractivity contribution in [1.82, 2.24) is 5.32 Å². The molecule has 2 N–H and O–H groups in total. The lowest BCUT2D eigenvalue weighted by Crippen LogP contribution is -2.32. The van der Waals surface area contributed by atoms with Gasteiger partial charge in [0, 0.05) is 23.4 Å². The van der Waals surface area contributed by atoms with E-state index in [2.05, 4.69) is 10.6 Å². The number of hydrogen-bond donors (Lipinski definition) is 2. The summed E-state index contributed by atoms with van der Waals surface area (Å²) in [5.74, 6) is 0.384. The van der Waals surface area contributed by atoms with Crippen LogP contribution in [0.3, 0.4) is 0 Å². The molecule has 2 amide bonds. The van der Waals surface area contributed by atoms with E-state index in [1.807, 2.05) is 24.3 Å². The number of nitrogens with one attached hydrogen (secondary N) is 2. The number of methoxy groups -OCH3 is 1. The van der Waals surface area contributed by atoms with Crippen LogP contribution in [0.1, 0.15) is 41.6 Å². The minimum Gasteiger partial charge on any atom is -0.497 e. The smallest absolute Gasteiger partial charge is 0.251 e. The fraction of sp³-hybridized carbons (Fsp3) is 0.273. The molecule has 3 rings (SSSR count). The molecule has 0 bridgehead atoms. The predicted molar refractivity (Wildman–Crippen MR) is 107 cm³/mol. The highest BCUT2D eigenvalue weighted by molar-refractivity contribution is 6.03. The Bertz CT molecular complexity index is 839. The van der Waals surface area contributed by atoms with Crippen molar-refractivity contribution in [2.24, 2.45) is 0 Å². The summed E-state index contributed by atoms with van der Waals surface area (Å²) in [6.45, 7) is 0. The predicted octanol–water partition coefficient (Wildman–Crippen LogP) is 4.02. The zero-order valence-electron chi connectivity index (χ0n) is 15.4. The van der Waals surface area contributed by atoms with Gasteiger partial charge in [-0.25, -0.2) is 0 Å². The van der Waals surface area contributed by atoms with Gasteiger partial charge in [-0.2, -0.15) is 0 Å². The second kappa shape index (κ2) is 9.03. The van der Waals surface area contributed by atoms with E-state index in [0.29, 0.717) is 11.3 Å². The van der Waals surface area contributed by atoms with Gasteiger partial charge in [0.2, 0.25) is 5.91 Å². The Kier molecular flexibility index (Phi) is 6.26. The topological polar surface area (TPSA) is 67.4 Å². The molecule has 5 heteroatoms. The Morgan fingerprint density at radius 3 is 2.63 bits per heavy atom. The van der Waals surface area contributed by atoms with Crippen molar-refractivity contribution in [1.29, 1.82) is 0 Å². The third-order valence-corrected chi connectivity index (χ3v) is 4.60. The first-order valence-corrected chi connectivity index (χ1v) is 9.18. The van der Waals surface area contributed by atoms with Gasteiger partial charge in [0.05, 0.1) is 7.11 Å². The Hall–Kier alpha value is -3.08. The van der Waals surface area contributed by atoms with Gasteiger partial charge in [-0.1, -0.05) is 31.0 Å². The summed E-state index contributed by atoms with van der Waals surface area (Å²) in [6.07, 6.45) is 7.59. The maximum Gasteiger partial charge on any atom is 0.251 e. The van der Waals surface area contributed by atoms with E-state index in [1.54, 1.807) is 37.5 Å². The number of carbonyl (C=O) groups excluding carboxylic acids is 2. The van der Waals surface area contributed by atoms with Crippen molar-refractivity contribution in [3.63, 3.8) is 0 Å². The number of amides is 2. The average molecular weight is 364 g/mol. The number of hydrogen-bond acceptors (Lipinski definition) is 3. The molecule has 0 spiro atoms. The molecule has 0 saturated heterocycles. The van der Waals surface area contributed by atoms with Crippen LogP contribution in [0.4, 0.5) is 5.69 Å². The Morgan fingerprint density at radius 2 is 1.85 bits per heavy atom. The second-order valence-electron chi connectivity index (χ2n) is 6.63. The van der Waals surface area contributed by atoms with Crippen LogP contribution in [0.2, 0.25) is 0 Å². The standard InChI is InChI=1S/C22H24N2O3/c1-27-20-11-4-6-16(14-20)12-13-21(25)23-19-10-5-7-17(15-19)22(26)24-18-8-2-3-9-18/h4-7,10-15,18H,2-3,8-9H2,1H3,(H,23,25)(H,24,26)/b13-12+. The average Bonchev–Trinajstić information content (AvgIpc) is 3.20. The van der Waals surface area contributed by atoms with Crippen molar-refractivity contribution in [3.8, 4) is 5.75 Å². The molecule has 27 heavy (non-hydrogen) atoms. The molecule has 1 saturated carbocycles. The largest absolute Gasteiger partial charge is 0.497 e. The van der Waals surface area contributed by atoms with Gasteiger partial charge in [0.25, 0.3) is 5.91 Å². The van der Waals surface area contributed by atoms with E-state index in [4.69, 9.17) is 4.74 Å². The third-order valence-electron chi connectivity index (χ3n) is 4.60. The van der Waals surface area contributed by atoms with Gasteiger partial charge >= 0.3 is 0 Å². The quantitative estimate of drug-likeness (QED) is 0.761. The van der Waals surface area contributed by atoms with Crippen LogP contribution in [-0.4, -0.2) is 25.0 Å². The lowest BCUT2D eigenvalue weighted by atomic mass is 10.1. The lowest BCUT2D eigenvalue weighted by Gasteiger charge is -2.12. The van der Waals surface area contributed by atoms with E-state index in [9.17, 15) is 9.59 Å². The number of carbonyl (C=O) groups is 2. The highest BCUT2D eigenvalue weighted by atomic mass is 16.5. The van der Waals surface area contributed by atoms with Gasteiger partial charge in [0.1, 0.15) is 5.75 Å². The van der Waals surface area contributed by atoms with Crippen LogP contribution >= 0.6 is 0 Å². The molecule has 140 valence electrons. The van der Waals surface area contributed by atoms with E-state index >= 15 is 0 Å². The summed E-state index contributed by atoms with van der Waals surface area (Å²) < 4.78 is 5.17. The van der Waals surface area contributed by atoms with Gasteiger partial charge in [-0.15, -0.1) is 0 Å². The Labute approximate surface area is 159 Å². The summed E-state index contributed by atoms with van der Waals surface area (Å²) >= 11 is 0. The third kappa shape index (κ3) is 5.45. The summed E-state index contributed by atoms with van der Waals surface area (Å²) in [5, 5.41) is 5.85. The van der Waals surface area contributed by atoms with Crippen LogP contribution in [0.5, 0.6) is 5.75 Å². The summed E-state index contributed by atoms with van der Waals surface area (Å²) in [4.78, 5) is 24.5. The molecule has 5 nitrogen and oxygen atoms in total. The molecule has 0 radical (unpaired) electrons. The SMILES string of the molecule is COc1cccc(/C=C/C(=O)Nc2cccc(C(=O)NC3CCCC3)c2)c1. The molecule has 0 aliphatic heterocycles. The van der Waals surface area contributed by atoms with Crippen molar-refractivity contribution < 1.29 is 14.3 Å². The lowest BCUT2D eigenvalue weighted by molar-refractivity contribution is -0.111. The van der Waals surface area contributed by atoms with Gasteiger partial charge in [-0.3, -0.25) is 9.59 Å². The van der Waals surface area contributed by atoms with Crippen LogP contribution in [0.15, 0.2) is 54.6 Å². The number of ether oxygens (including phenoxy) is 1. The summed E-state index contributed by atoms with van der Waals surface area (Å²) in [7, 11) is 1.60. The van der Waals surface area contributed by atoms with Crippen molar-refractivity contribution in [2.45, 2.75) is 31.7 Å². The van der Waals surface area contributed by atoms with Crippen LogP contribution < -0.4 is 15.4 Å². The van der Waals surface area contributed by atoms with Gasteiger partial charge in [0.15, 0.2) is 0 Å². The van der Waals surface area contributed by atoms with Crippen molar-refractivity contribution >= 4 is 23.6 Å². The second-order valence-corrected chi connectivity index (χ2v) is 6.63. The van der Waals surface area contributed by atoms with Crippen molar-refractivity contribution in [3.05, 3.63) is 65.7 Å². The Morgan fingerprint density at radius 1 is 1.07 bits per heavy atom. The minimum atomic E-state index is -0.258. The van der Waals surface area contributed by atoms with Crippen LogP contribution in [-0.2, 0) is 4.79 Å². The molecule has 0 atom stereocenters. The molecular formula is C22H24N2O3. The van der Waals surface area contributed by atoms with E-state index < -0.39 is 0 Å². The van der Waals surface area contributed by atoms with Crippen LogP contribution in [0, 0.1) is 0 Å². The highest BCUT2D eigenvalue weighted by Crippen LogP contribution is 2.19. The molecule has 1 fully saturated rings.